The lowest BCUT2D eigenvalue weighted by atomic mass is 9.75. The molecule has 0 aromatic carbocycles. The van der Waals surface area contributed by atoms with Gasteiger partial charge in [-0.05, 0) is 57.9 Å². The van der Waals surface area contributed by atoms with Gasteiger partial charge in [0.2, 0.25) is 0 Å². The Labute approximate surface area is 150 Å². The van der Waals surface area contributed by atoms with Crippen LogP contribution in [0.4, 0.5) is 0 Å². The van der Waals surface area contributed by atoms with Gasteiger partial charge in [0.15, 0.2) is 0 Å². The summed E-state index contributed by atoms with van der Waals surface area (Å²) in [5.74, 6) is 1.19. The third-order valence-electron chi connectivity index (χ3n) is 6.42. The van der Waals surface area contributed by atoms with E-state index >= 15 is 0 Å². The smallest absolute Gasteiger partial charge is 0.309 e. The van der Waals surface area contributed by atoms with Gasteiger partial charge in [0, 0.05) is 37.8 Å². The molecule has 3 aliphatic rings. The van der Waals surface area contributed by atoms with Crippen molar-refractivity contribution in [3.63, 3.8) is 0 Å². The van der Waals surface area contributed by atoms with E-state index in [-0.39, 0.29) is 11.9 Å². The highest BCUT2D eigenvalue weighted by molar-refractivity contribution is 5.79. The number of carbonyl (C=O) groups is 3. The summed E-state index contributed by atoms with van der Waals surface area (Å²) in [6.45, 7) is 3.21. The zero-order valence-corrected chi connectivity index (χ0v) is 15.4. The third kappa shape index (κ3) is 4.49. The van der Waals surface area contributed by atoms with E-state index in [1.54, 1.807) is 0 Å². The topological polar surface area (TPSA) is 63.7 Å². The maximum Gasteiger partial charge on any atom is 0.309 e. The Morgan fingerprint density at radius 2 is 1.60 bits per heavy atom. The summed E-state index contributed by atoms with van der Waals surface area (Å²) in [6, 6.07) is 0.818. The molecule has 0 aromatic heterocycles. The second-order valence-electron chi connectivity index (χ2n) is 7.92. The van der Waals surface area contributed by atoms with E-state index in [1.807, 2.05) is 6.92 Å². The number of hydrogen-bond donors (Lipinski definition) is 0. The predicted molar refractivity (Wildman–Crippen MR) is 94.1 cm³/mol. The van der Waals surface area contributed by atoms with Crippen LogP contribution in [-0.2, 0) is 19.1 Å². The van der Waals surface area contributed by atoms with Crippen molar-refractivity contribution < 1.29 is 19.1 Å². The van der Waals surface area contributed by atoms with Gasteiger partial charge in [-0.2, -0.15) is 0 Å². The molecule has 0 amide bonds. The summed E-state index contributed by atoms with van der Waals surface area (Å²) in [5, 5.41) is 0. The Morgan fingerprint density at radius 1 is 1.00 bits per heavy atom. The number of rotatable bonds is 4. The molecule has 140 valence electrons. The van der Waals surface area contributed by atoms with E-state index in [0.717, 1.165) is 45.1 Å². The van der Waals surface area contributed by atoms with Crippen LogP contribution in [0.2, 0.25) is 0 Å². The van der Waals surface area contributed by atoms with E-state index in [9.17, 15) is 14.4 Å². The Morgan fingerprint density at radius 3 is 2.20 bits per heavy atom. The fourth-order valence-electron chi connectivity index (χ4n) is 5.01. The molecule has 25 heavy (non-hydrogen) atoms. The molecule has 3 rings (SSSR count). The van der Waals surface area contributed by atoms with Crippen LogP contribution >= 0.6 is 0 Å². The second kappa shape index (κ2) is 8.43. The zero-order valence-electron chi connectivity index (χ0n) is 15.4. The fourth-order valence-corrected chi connectivity index (χ4v) is 5.01. The van der Waals surface area contributed by atoms with Gasteiger partial charge >= 0.3 is 5.97 Å². The number of nitrogens with zero attached hydrogens (tertiary/aromatic N) is 1. The van der Waals surface area contributed by atoms with Gasteiger partial charge < -0.3 is 4.74 Å². The van der Waals surface area contributed by atoms with Crippen molar-refractivity contribution in [1.29, 1.82) is 0 Å². The maximum absolute atomic E-state index is 12.3. The van der Waals surface area contributed by atoms with Crippen LogP contribution < -0.4 is 0 Å². The summed E-state index contributed by atoms with van der Waals surface area (Å²) >= 11 is 0. The molecule has 1 saturated heterocycles. The summed E-state index contributed by atoms with van der Waals surface area (Å²) in [4.78, 5) is 38.1. The highest BCUT2D eigenvalue weighted by atomic mass is 16.5. The van der Waals surface area contributed by atoms with Gasteiger partial charge in [-0.3, -0.25) is 19.3 Å². The van der Waals surface area contributed by atoms with Crippen LogP contribution in [0, 0.1) is 11.8 Å². The molecular formula is C20H31NO4. The molecule has 2 aliphatic carbocycles. The predicted octanol–water partition coefficient (Wildman–Crippen LogP) is 2.90. The Hall–Kier alpha value is -1.23. The Bertz CT molecular complexity index is 498. The maximum atomic E-state index is 12.3. The molecule has 1 heterocycles. The number of likely N-dealkylation sites (tertiary alicyclic amines) is 1. The first-order valence-electron chi connectivity index (χ1n) is 10.0. The van der Waals surface area contributed by atoms with Crippen molar-refractivity contribution in [3.05, 3.63) is 0 Å². The summed E-state index contributed by atoms with van der Waals surface area (Å²) < 4.78 is 5.27. The average Bonchev–Trinajstić information content (AvgIpc) is 2.63. The van der Waals surface area contributed by atoms with Gasteiger partial charge in [0.1, 0.15) is 11.6 Å². The molecule has 5 nitrogen and oxygen atoms in total. The number of ketones is 2. The van der Waals surface area contributed by atoms with E-state index in [2.05, 4.69) is 4.90 Å². The molecule has 5 heteroatoms. The van der Waals surface area contributed by atoms with E-state index in [1.165, 1.54) is 0 Å². The van der Waals surface area contributed by atoms with Gasteiger partial charge in [-0.25, -0.2) is 0 Å². The van der Waals surface area contributed by atoms with E-state index < -0.39 is 0 Å². The molecule has 1 aliphatic heterocycles. The minimum Gasteiger partial charge on any atom is -0.466 e. The van der Waals surface area contributed by atoms with Crippen molar-refractivity contribution >= 4 is 17.5 Å². The molecule has 0 bridgehead atoms. The normalized spacial score (nSPS) is 30.4. The van der Waals surface area contributed by atoms with Gasteiger partial charge in [-0.15, -0.1) is 0 Å². The molecule has 2 unspecified atom stereocenters. The Balaban J connectivity index is 1.70. The minimum atomic E-state index is -0.0575. The fraction of sp³-hybridized carbons (Fsp3) is 0.850. The molecule has 3 fully saturated rings. The number of Topliss-reactive ketones (excluding diaryl/α,β-unsaturated/α-hetero) is 2. The van der Waals surface area contributed by atoms with Crippen molar-refractivity contribution in [3.8, 4) is 0 Å². The van der Waals surface area contributed by atoms with Gasteiger partial charge in [-0.1, -0.05) is 0 Å². The summed E-state index contributed by atoms with van der Waals surface area (Å²) in [7, 11) is 0. The number of hydrogen-bond acceptors (Lipinski definition) is 5. The van der Waals surface area contributed by atoms with E-state index in [4.69, 9.17) is 4.74 Å². The van der Waals surface area contributed by atoms with Crippen molar-refractivity contribution in [2.45, 2.75) is 83.2 Å². The van der Waals surface area contributed by atoms with E-state index in [0.29, 0.717) is 61.9 Å². The lowest BCUT2D eigenvalue weighted by Crippen LogP contribution is -2.54. The highest BCUT2D eigenvalue weighted by Gasteiger charge is 2.41. The molecule has 0 N–H and O–H groups in total. The molecule has 0 spiro atoms. The molecule has 2 atom stereocenters. The summed E-state index contributed by atoms with van der Waals surface area (Å²) in [6.07, 6.45) is 8.24. The number of carbonyl (C=O) groups excluding carboxylic acids is 3. The van der Waals surface area contributed by atoms with Crippen molar-refractivity contribution in [2.75, 3.05) is 13.2 Å². The number of esters is 1. The first-order valence-corrected chi connectivity index (χ1v) is 10.0. The second-order valence-corrected chi connectivity index (χ2v) is 7.92. The third-order valence-corrected chi connectivity index (χ3v) is 6.42. The lowest BCUT2D eigenvalue weighted by Gasteiger charge is -2.48. The monoisotopic (exact) mass is 349 g/mol. The first kappa shape index (κ1) is 18.6. The quantitative estimate of drug-likeness (QED) is 0.730. The standard InChI is InChI=1S/C20H31NO4/c1-2-25-20(24)15-11-12-21(16-5-9-18(23)10-6-16)19(13-15)14-3-7-17(22)8-4-14/h14-16,19H,2-13H2,1H3. The van der Waals surface area contributed by atoms with Gasteiger partial charge in [0.05, 0.1) is 12.5 Å². The van der Waals surface area contributed by atoms with Crippen LogP contribution in [0.25, 0.3) is 0 Å². The van der Waals surface area contributed by atoms with Crippen LogP contribution in [0.15, 0.2) is 0 Å². The molecule has 2 saturated carbocycles. The van der Waals surface area contributed by atoms with Crippen LogP contribution in [0.3, 0.4) is 0 Å². The van der Waals surface area contributed by atoms with Crippen molar-refractivity contribution in [2.24, 2.45) is 11.8 Å². The molecule has 0 radical (unpaired) electrons. The average molecular weight is 349 g/mol. The van der Waals surface area contributed by atoms with Crippen LogP contribution in [0.5, 0.6) is 0 Å². The Kier molecular flexibility index (Phi) is 6.26. The number of ether oxygens (including phenoxy) is 1. The summed E-state index contributed by atoms with van der Waals surface area (Å²) in [5.41, 5.74) is 0. The van der Waals surface area contributed by atoms with Crippen LogP contribution in [0.1, 0.15) is 71.1 Å². The van der Waals surface area contributed by atoms with Gasteiger partial charge in [0.25, 0.3) is 0 Å². The number of piperidine rings is 1. The lowest BCUT2D eigenvalue weighted by molar-refractivity contribution is -0.151. The highest BCUT2D eigenvalue weighted by Crippen LogP contribution is 2.38. The molecular weight excluding hydrogens is 318 g/mol. The van der Waals surface area contributed by atoms with Crippen LogP contribution in [-0.4, -0.2) is 47.7 Å². The minimum absolute atomic E-state index is 0.0101. The zero-order chi connectivity index (χ0) is 17.8. The molecule has 0 aromatic rings. The largest absolute Gasteiger partial charge is 0.466 e. The first-order chi connectivity index (χ1) is 12.1. The van der Waals surface area contributed by atoms with Crippen molar-refractivity contribution in [1.82, 2.24) is 4.90 Å². The SMILES string of the molecule is CCOC(=O)C1CCN(C2CCC(=O)CC2)C(C2CCC(=O)CC2)C1.